The van der Waals surface area contributed by atoms with Crippen molar-refractivity contribution in [3.63, 3.8) is 0 Å². The zero-order valence-corrected chi connectivity index (χ0v) is 29.9. The number of benzene rings is 1. The number of carbonyl (C=O) groups is 1. The number of aliphatic hydroxyl groups excluding tert-OH is 3. The van der Waals surface area contributed by atoms with Gasteiger partial charge >= 0.3 is 0 Å². The summed E-state index contributed by atoms with van der Waals surface area (Å²) >= 11 is 1.24. The van der Waals surface area contributed by atoms with Crippen molar-refractivity contribution < 1.29 is 34.3 Å². The van der Waals surface area contributed by atoms with Gasteiger partial charge in [-0.3, -0.25) is 4.79 Å². The summed E-state index contributed by atoms with van der Waals surface area (Å²) in [5.74, 6) is -0.566. The second-order valence-electron chi connectivity index (χ2n) is 11.2. The van der Waals surface area contributed by atoms with E-state index in [1.165, 1.54) is 22.3 Å². The summed E-state index contributed by atoms with van der Waals surface area (Å²) in [6, 6.07) is 13.0. The lowest BCUT2D eigenvalue weighted by Crippen LogP contribution is -2.31. The van der Waals surface area contributed by atoms with Crippen molar-refractivity contribution in [2.75, 3.05) is 84.0 Å². The van der Waals surface area contributed by atoms with Gasteiger partial charge in [0.1, 0.15) is 18.2 Å². The van der Waals surface area contributed by atoms with Crippen molar-refractivity contribution in [3.05, 3.63) is 81.6 Å². The highest BCUT2D eigenvalue weighted by atomic mass is 32.1. The SMILES string of the molecule is N#CC(C#N)=C1C(C#N)=C(/C=C/c2sc(N=Nc3ccc(N(CCOCCO)CCOCCO)cc3)nc2C2=CCCC=C2)C(=O)N1CCOCCO. The molecule has 0 radical (unpaired) electrons. The van der Waals surface area contributed by atoms with Crippen molar-refractivity contribution in [3.8, 4) is 18.2 Å². The number of thiazole rings is 1. The summed E-state index contributed by atoms with van der Waals surface area (Å²) < 4.78 is 16.2. The summed E-state index contributed by atoms with van der Waals surface area (Å²) in [6.07, 6.45) is 10.9. The minimum Gasteiger partial charge on any atom is -0.394 e. The van der Waals surface area contributed by atoms with E-state index in [1.54, 1.807) is 18.2 Å². The largest absolute Gasteiger partial charge is 0.394 e. The molecule has 0 bridgehead atoms. The van der Waals surface area contributed by atoms with Gasteiger partial charge in [0.25, 0.3) is 5.91 Å². The Morgan fingerprint density at radius 2 is 1.57 bits per heavy atom. The maximum Gasteiger partial charge on any atom is 0.259 e. The summed E-state index contributed by atoms with van der Waals surface area (Å²) in [6.45, 7) is 2.17. The van der Waals surface area contributed by atoms with Gasteiger partial charge in [0.05, 0.1) is 92.6 Å². The molecule has 1 aromatic carbocycles. The van der Waals surface area contributed by atoms with E-state index in [1.807, 2.05) is 42.5 Å². The number of nitrogens with zero attached hydrogens (tertiary/aromatic N) is 8. The number of anilines is 1. The van der Waals surface area contributed by atoms with Gasteiger partial charge in [0.15, 0.2) is 5.57 Å². The Morgan fingerprint density at radius 3 is 2.15 bits per heavy atom. The van der Waals surface area contributed by atoms with Gasteiger partial charge in [0, 0.05) is 25.3 Å². The average molecular weight is 741 g/mol. The Morgan fingerprint density at radius 1 is 0.906 bits per heavy atom. The molecule has 2 heterocycles. The Balaban J connectivity index is 1.60. The number of aromatic nitrogens is 1. The highest BCUT2D eigenvalue weighted by Gasteiger charge is 2.36. The fourth-order valence-corrected chi connectivity index (χ4v) is 6.14. The first-order valence-corrected chi connectivity index (χ1v) is 17.7. The van der Waals surface area contributed by atoms with Gasteiger partial charge in [-0.25, -0.2) is 4.98 Å². The second-order valence-corrected chi connectivity index (χ2v) is 12.2. The molecule has 1 amide bonds. The molecule has 1 aliphatic heterocycles. The van der Waals surface area contributed by atoms with Gasteiger partial charge in [-0.15, -0.1) is 10.2 Å². The van der Waals surface area contributed by atoms with Gasteiger partial charge in [-0.05, 0) is 54.8 Å². The first kappa shape index (κ1) is 40.4. The molecule has 0 spiro atoms. The molecule has 15 nitrogen and oxygen atoms in total. The molecule has 1 aromatic heterocycles. The number of allylic oxidation sites excluding steroid dienone is 6. The van der Waals surface area contributed by atoms with Crippen molar-refractivity contribution in [1.82, 2.24) is 9.88 Å². The number of amides is 1. The van der Waals surface area contributed by atoms with E-state index in [0.717, 1.165) is 24.1 Å². The standard InChI is InChI=1S/C37H40N8O7S/c38-24-28(25-39)35-32(26-40)31(36(49)45(35)14-20-52-23-17-48)10-11-33-34(27-4-2-1-3-5-27)41-37(53-33)43-42-29-6-8-30(9-7-29)44(12-18-50-21-15-46)13-19-51-22-16-47/h2,4-11,46-48H,1,3,12-23H2/b11-10+,43-42?. The zero-order chi connectivity index (χ0) is 37.8. The first-order chi connectivity index (χ1) is 26.0. The van der Waals surface area contributed by atoms with E-state index >= 15 is 0 Å². The van der Waals surface area contributed by atoms with Gasteiger partial charge in [0.2, 0.25) is 5.13 Å². The summed E-state index contributed by atoms with van der Waals surface area (Å²) in [5, 5.41) is 65.5. The van der Waals surface area contributed by atoms with Crippen LogP contribution in [0.1, 0.15) is 23.4 Å². The van der Waals surface area contributed by atoms with E-state index in [0.29, 0.717) is 47.7 Å². The lowest BCUT2D eigenvalue weighted by atomic mass is 10.0. The van der Waals surface area contributed by atoms with Crippen LogP contribution in [0.2, 0.25) is 0 Å². The molecule has 4 rings (SSSR count). The number of hydrogen-bond acceptors (Lipinski definition) is 15. The number of rotatable bonds is 21. The van der Waals surface area contributed by atoms with Crippen LogP contribution in [0.25, 0.3) is 11.6 Å². The Hall–Kier alpha value is -5.35. The lowest BCUT2D eigenvalue weighted by molar-refractivity contribution is -0.124. The minimum absolute atomic E-state index is 0.0115. The van der Waals surface area contributed by atoms with E-state index in [4.69, 9.17) is 34.5 Å². The van der Waals surface area contributed by atoms with Crippen LogP contribution in [-0.4, -0.2) is 110 Å². The average Bonchev–Trinajstić information content (AvgIpc) is 3.72. The monoisotopic (exact) mass is 740 g/mol. The van der Waals surface area contributed by atoms with Crippen LogP contribution in [0.3, 0.4) is 0 Å². The third-order valence-electron chi connectivity index (χ3n) is 7.78. The van der Waals surface area contributed by atoms with Crippen LogP contribution >= 0.6 is 11.3 Å². The quantitative estimate of drug-likeness (QED) is 0.0936. The third-order valence-corrected chi connectivity index (χ3v) is 8.68. The molecule has 3 N–H and O–H groups in total. The molecule has 0 fully saturated rings. The molecule has 2 aliphatic rings. The maximum atomic E-state index is 13.6. The van der Waals surface area contributed by atoms with E-state index in [-0.39, 0.29) is 75.2 Å². The van der Waals surface area contributed by atoms with Crippen molar-refractivity contribution in [2.45, 2.75) is 12.8 Å². The fraction of sp³-hybridized carbons (Fsp3) is 0.378. The van der Waals surface area contributed by atoms with Crippen LogP contribution in [-0.2, 0) is 19.0 Å². The zero-order valence-electron chi connectivity index (χ0n) is 29.1. The molecule has 0 saturated carbocycles. The Bertz CT molecular complexity index is 1850. The maximum absolute atomic E-state index is 13.6. The van der Waals surface area contributed by atoms with Gasteiger partial charge in [-0.2, -0.15) is 15.8 Å². The van der Waals surface area contributed by atoms with Crippen molar-refractivity contribution in [1.29, 1.82) is 15.8 Å². The number of hydrogen-bond donors (Lipinski definition) is 3. The molecule has 2 aromatic rings. The minimum atomic E-state index is -0.566. The van der Waals surface area contributed by atoms with Gasteiger partial charge < -0.3 is 39.3 Å². The molecule has 276 valence electrons. The topological polar surface area (TPSA) is 221 Å². The second kappa shape index (κ2) is 21.9. The number of ether oxygens (including phenoxy) is 3. The van der Waals surface area contributed by atoms with Gasteiger partial charge in [-0.1, -0.05) is 29.6 Å². The molecule has 0 unspecified atom stereocenters. The van der Waals surface area contributed by atoms with E-state index in [9.17, 15) is 20.6 Å². The smallest absolute Gasteiger partial charge is 0.259 e. The Kier molecular flexibility index (Phi) is 16.7. The summed E-state index contributed by atoms with van der Waals surface area (Å²) in [5.41, 5.74) is 2.44. The number of nitriles is 3. The first-order valence-electron chi connectivity index (χ1n) is 16.9. The Labute approximate surface area is 311 Å². The molecular formula is C37H40N8O7S. The molecule has 16 heteroatoms. The molecule has 53 heavy (non-hydrogen) atoms. The van der Waals surface area contributed by atoms with Crippen molar-refractivity contribution in [2.24, 2.45) is 10.2 Å². The molecule has 1 aliphatic carbocycles. The third kappa shape index (κ3) is 11.3. The van der Waals surface area contributed by atoms with E-state index < -0.39 is 5.91 Å². The van der Waals surface area contributed by atoms with Crippen molar-refractivity contribution >= 4 is 45.4 Å². The predicted molar refractivity (Wildman–Crippen MR) is 197 cm³/mol. The number of aliphatic hydroxyl groups is 3. The molecular weight excluding hydrogens is 701 g/mol. The highest BCUT2D eigenvalue weighted by Crippen LogP contribution is 2.37. The van der Waals surface area contributed by atoms with E-state index in [2.05, 4.69) is 21.2 Å². The van der Waals surface area contributed by atoms with Crippen LogP contribution < -0.4 is 4.90 Å². The normalized spacial score (nSPS) is 14.3. The molecule has 0 atom stereocenters. The van der Waals surface area contributed by atoms with Crippen LogP contribution in [0.5, 0.6) is 0 Å². The number of azo groups is 1. The predicted octanol–water partition coefficient (Wildman–Crippen LogP) is 4.10. The van der Waals surface area contributed by atoms with Crippen LogP contribution in [0.4, 0.5) is 16.5 Å². The molecule has 0 saturated heterocycles. The lowest BCUT2D eigenvalue weighted by Gasteiger charge is -2.24. The number of carbonyl (C=O) groups excluding carboxylic acids is 1. The van der Waals surface area contributed by atoms with Crippen LogP contribution in [0, 0.1) is 34.0 Å². The summed E-state index contributed by atoms with van der Waals surface area (Å²) in [4.78, 5) is 22.2. The van der Waals surface area contributed by atoms with Crippen LogP contribution in [0.15, 0.2) is 81.2 Å². The highest BCUT2D eigenvalue weighted by molar-refractivity contribution is 7.16. The fourth-order valence-electron chi connectivity index (χ4n) is 5.33. The summed E-state index contributed by atoms with van der Waals surface area (Å²) in [7, 11) is 0.